The van der Waals surface area contributed by atoms with Gasteiger partial charge in [-0.15, -0.1) is 0 Å². The van der Waals surface area contributed by atoms with Crippen LogP contribution in [0.15, 0.2) is 9.98 Å². The van der Waals surface area contributed by atoms with Crippen molar-refractivity contribution in [3.8, 4) is 0 Å². The molecule has 0 aliphatic carbocycles. The summed E-state index contributed by atoms with van der Waals surface area (Å²) in [6.45, 7) is 4.22. The van der Waals surface area contributed by atoms with Crippen LogP contribution in [-0.4, -0.2) is 190 Å². The highest BCUT2D eigenvalue weighted by molar-refractivity contribution is 5.98. The average Bonchev–Trinajstić information content (AvgIpc) is 3.85. The quantitative estimate of drug-likeness (QED) is 0.0156. The first-order chi connectivity index (χ1) is 35.8. The minimum absolute atomic E-state index is 0.00505. The first kappa shape index (κ1) is 66.6. The van der Waals surface area contributed by atoms with Crippen LogP contribution in [0, 0.1) is 5.92 Å². The number of hydrogen-bond acceptors (Lipinski definition) is 16. The summed E-state index contributed by atoms with van der Waals surface area (Å²) in [5.74, 6) is -12.6. The fourth-order valence-electron chi connectivity index (χ4n) is 7.64. The Balaban J connectivity index is 3.53. The predicted octanol–water partition coefficient (Wildman–Crippen LogP) is -6.19. The highest BCUT2D eigenvalue weighted by atomic mass is 16.4. The molecular weight excluding hydrogens is 1000 g/mol. The van der Waals surface area contributed by atoms with Crippen molar-refractivity contribution in [2.24, 2.45) is 50.3 Å². The molecule has 8 amide bonds. The topological polar surface area (TPSA) is 537 Å². The number of carboxylic acid groups (broad SMARTS) is 3. The molecule has 0 unspecified atom stereocenters. The number of nitrogens with two attached hydrogens (primary N) is 6. The van der Waals surface area contributed by atoms with E-state index in [-0.39, 0.29) is 82.5 Å². The number of aliphatic carboxylic acids is 3. The van der Waals surface area contributed by atoms with Gasteiger partial charge in [0.25, 0.3) is 0 Å². The molecule has 23 N–H and O–H groups in total. The van der Waals surface area contributed by atoms with E-state index in [9.17, 15) is 73.2 Å². The number of hydrogen-bond donors (Lipinski definition) is 17. The summed E-state index contributed by atoms with van der Waals surface area (Å²) < 4.78 is 0. The molecule has 1 aliphatic heterocycles. The number of carbonyl (C=O) groups is 11. The summed E-state index contributed by atoms with van der Waals surface area (Å²) in [5.41, 5.74) is 33.0. The zero-order valence-electron chi connectivity index (χ0n) is 43.3. The maximum Gasteiger partial charge on any atom is 0.326 e. The molecule has 0 radical (unpaired) electrons. The van der Waals surface area contributed by atoms with Gasteiger partial charge in [-0.3, -0.25) is 57.9 Å². The fraction of sp³-hybridized carbons (Fsp3) is 0.711. The lowest BCUT2D eigenvalue weighted by Crippen LogP contribution is -2.61. The fourth-order valence-corrected chi connectivity index (χ4v) is 7.64. The molecule has 76 heavy (non-hydrogen) atoms. The standard InChI is InChI=1S/C45H80N16O15/c1-4-23(2)34(60-35(67)24(3)47)42(74)61-21-9-13-31(61)41(73)57-26(12-8-20-53-45(50)51)37(69)59-30(22-62)40(72)54-25(11-7-19-52-44(48)49)36(68)55-27(14-16-32(63)64)38(70)56-28(15-17-33(65)66)39(71)58-29(43(75)76)10-5-6-18-46/h23-31,34,62H,4-22,46-47H2,1-3H3,(H,54,72)(H,55,68)(H,56,70)(H,57,73)(H,58,71)(H,59,69)(H,60,67)(H,63,64)(H,65,66)(H,75,76)(H4,48,49,52)(H4,50,51,53)/t23-,24-,25-,26-,27-,28-,29-,30-,31-,34-/m0/s1. The number of aliphatic hydroxyl groups excluding tert-OH is 1. The van der Waals surface area contributed by atoms with Crippen LogP contribution in [0.5, 0.6) is 0 Å². The number of unbranched alkanes of at least 4 members (excludes halogenated alkanes) is 1. The van der Waals surface area contributed by atoms with E-state index in [0.717, 1.165) is 0 Å². The van der Waals surface area contributed by atoms with Gasteiger partial charge in [-0.05, 0) is 90.0 Å². The van der Waals surface area contributed by atoms with Crippen molar-refractivity contribution in [1.82, 2.24) is 42.1 Å². The van der Waals surface area contributed by atoms with Gasteiger partial charge >= 0.3 is 17.9 Å². The number of rotatable bonds is 37. The number of nitrogens with one attached hydrogen (secondary N) is 7. The molecule has 0 aromatic carbocycles. The molecular formula is C45H80N16O15. The summed E-state index contributed by atoms with van der Waals surface area (Å²) in [4.78, 5) is 154. The summed E-state index contributed by atoms with van der Waals surface area (Å²) >= 11 is 0. The summed E-state index contributed by atoms with van der Waals surface area (Å²) in [5, 5.41) is 55.8. The van der Waals surface area contributed by atoms with Gasteiger partial charge in [-0.25, -0.2) is 4.79 Å². The largest absolute Gasteiger partial charge is 0.481 e. The van der Waals surface area contributed by atoms with E-state index in [1.807, 2.05) is 6.92 Å². The molecule has 10 atom stereocenters. The van der Waals surface area contributed by atoms with Crippen molar-refractivity contribution < 1.29 is 73.2 Å². The zero-order chi connectivity index (χ0) is 57.7. The van der Waals surface area contributed by atoms with Crippen molar-refractivity contribution in [3.63, 3.8) is 0 Å². The Labute approximate surface area is 439 Å². The molecule has 0 bridgehead atoms. The number of aliphatic hydroxyl groups is 1. The van der Waals surface area contributed by atoms with Gasteiger partial charge in [0.2, 0.25) is 47.3 Å². The number of likely N-dealkylation sites (tertiary alicyclic amines) is 1. The van der Waals surface area contributed by atoms with E-state index in [0.29, 0.717) is 25.7 Å². The molecule has 0 aromatic heterocycles. The first-order valence-electron chi connectivity index (χ1n) is 25.0. The summed E-state index contributed by atoms with van der Waals surface area (Å²) in [7, 11) is 0. The minimum Gasteiger partial charge on any atom is -0.481 e. The summed E-state index contributed by atoms with van der Waals surface area (Å²) in [6.07, 6.45) is -1.25. The third-order valence-corrected chi connectivity index (χ3v) is 12.1. The number of aliphatic imine (C=N–C) groups is 2. The Morgan fingerprint density at radius 3 is 1.41 bits per heavy atom. The highest BCUT2D eigenvalue weighted by Crippen LogP contribution is 2.22. The number of carboxylic acids is 3. The Morgan fingerprint density at radius 2 is 1.00 bits per heavy atom. The lowest BCUT2D eigenvalue weighted by atomic mass is 9.97. The van der Waals surface area contributed by atoms with Crippen molar-refractivity contribution in [3.05, 3.63) is 0 Å². The normalized spacial score (nSPS) is 16.5. The molecule has 1 saturated heterocycles. The number of nitrogens with zero attached hydrogens (tertiary/aromatic N) is 3. The molecule has 31 nitrogen and oxygen atoms in total. The number of amides is 8. The van der Waals surface area contributed by atoms with Crippen molar-refractivity contribution in [2.45, 2.75) is 165 Å². The van der Waals surface area contributed by atoms with Crippen LogP contribution in [0.2, 0.25) is 0 Å². The summed E-state index contributed by atoms with van der Waals surface area (Å²) in [6, 6.07) is -12.9. The van der Waals surface area contributed by atoms with Gasteiger partial charge in [0.15, 0.2) is 11.9 Å². The number of carbonyl (C=O) groups excluding carboxylic acids is 8. The molecule has 0 aromatic rings. The SMILES string of the molecule is CC[C@H](C)[C@H](NC(=O)[C@H](C)N)C(=O)N1CCC[C@H]1C(=O)N[C@@H](CCCN=C(N)N)C(=O)N[C@@H](CO)C(=O)N[C@@H](CCCN=C(N)N)C(=O)N[C@@H](CCC(=O)O)C(=O)N[C@@H](CCC(=O)O)C(=O)N[C@@H](CCCCN)C(=O)O. The number of guanidine groups is 2. The second kappa shape index (κ2) is 35.0. The molecule has 31 heteroatoms. The first-order valence-corrected chi connectivity index (χ1v) is 25.0. The third kappa shape index (κ3) is 24.7. The minimum atomic E-state index is -1.82. The van der Waals surface area contributed by atoms with Crippen molar-refractivity contribution >= 4 is 77.1 Å². The van der Waals surface area contributed by atoms with Crippen LogP contribution in [-0.2, 0) is 52.7 Å². The van der Waals surface area contributed by atoms with Gasteiger partial charge in [-0.2, -0.15) is 0 Å². The van der Waals surface area contributed by atoms with Crippen LogP contribution in [0.1, 0.15) is 111 Å². The van der Waals surface area contributed by atoms with Crippen molar-refractivity contribution in [1.29, 1.82) is 0 Å². The Bertz CT molecular complexity index is 2050. The van der Waals surface area contributed by atoms with E-state index in [4.69, 9.17) is 34.4 Å². The lowest BCUT2D eigenvalue weighted by molar-refractivity contribution is -0.143. The Morgan fingerprint density at radius 1 is 0.579 bits per heavy atom. The van der Waals surface area contributed by atoms with E-state index in [1.165, 1.54) is 11.8 Å². The second-order valence-corrected chi connectivity index (χ2v) is 18.3. The van der Waals surface area contributed by atoms with E-state index in [2.05, 4.69) is 47.2 Å². The molecule has 1 heterocycles. The monoisotopic (exact) mass is 1080 g/mol. The van der Waals surface area contributed by atoms with Crippen LogP contribution < -0.4 is 71.6 Å². The molecule has 1 fully saturated rings. The Hall–Kier alpha value is -7.41. The third-order valence-electron chi connectivity index (χ3n) is 12.1. The molecule has 1 rings (SSSR count). The van der Waals surface area contributed by atoms with E-state index >= 15 is 0 Å². The van der Waals surface area contributed by atoms with Gasteiger partial charge in [-0.1, -0.05) is 20.3 Å². The maximum absolute atomic E-state index is 14.0. The van der Waals surface area contributed by atoms with E-state index < -0.39 is 152 Å². The van der Waals surface area contributed by atoms with Gasteiger partial charge in [0.1, 0.15) is 48.3 Å². The predicted molar refractivity (Wildman–Crippen MR) is 273 cm³/mol. The maximum atomic E-state index is 14.0. The average molecular weight is 1090 g/mol. The smallest absolute Gasteiger partial charge is 0.326 e. The van der Waals surface area contributed by atoms with Crippen LogP contribution in [0.4, 0.5) is 0 Å². The van der Waals surface area contributed by atoms with Crippen LogP contribution >= 0.6 is 0 Å². The van der Waals surface area contributed by atoms with Crippen molar-refractivity contribution in [2.75, 3.05) is 32.8 Å². The molecule has 430 valence electrons. The zero-order valence-corrected chi connectivity index (χ0v) is 43.3. The second-order valence-electron chi connectivity index (χ2n) is 18.3. The molecule has 1 aliphatic rings. The lowest BCUT2D eigenvalue weighted by Gasteiger charge is -2.32. The molecule has 0 spiro atoms. The van der Waals surface area contributed by atoms with E-state index in [1.54, 1.807) is 6.92 Å². The van der Waals surface area contributed by atoms with Crippen LogP contribution in [0.25, 0.3) is 0 Å². The van der Waals surface area contributed by atoms with Gasteiger partial charge in [0.05, 0.1) is 12.6 Å². The van der Waals surface area contributed by atoms with Gasteiger partial charge < -0.3 is 96.9 Å². The Kier molecular flexibility index (Phi) is 30.6. The van der Waals surface area contributed by atoms with Crippen LogP contribution in [0.3, 0.4) is 0 Å². The highest BCUT2D eigenvalue weighted by Gasteiger charge is 2.41. The van der Waals surface area contributed by atoms with Gasteiger partial charge in [0, 0.05) is 32.5 Å². The molecule has 0 saturated carbocycles.